The van der Waals surface area contributed by atoms with Gasteiger partial charge in [0.15, 0.2) is 0 Å². The Labute approximate surface area is 117 Å². The first-order valence-electron chi connectivity index (χ1n) is 6.57. The molecular weight excluding hydrogens is 268 g/mol. The van der Waals surface area contributed by atoms with Crippen molar-refractivity contribution in [2.45, 2.75) is 45.1 Å². The number of anilines is 1. The molecule has 1 fully saturated rings. The smallest absolute Gasteiger partial charge is 0.329 e. The monoisotopic (exact) mass is 284 g/mol. The predicted molar refractivity (Wildman–Crippen MR) is 73.6 cm³/mol. The van der Waals surface area contributed by atoms with Gasteiger partial charge in [0.2, 0.25) is 11.1 Å². The summed E-state index contributed by atoms with van der Waals surface area (Å²) in [5, 5.41) is 11.1. The summed E-state index contributed by atoms with van der Waals surface area (Å²) in [6, 6.07) is 0.309. The number of hydrogen-bond donors (Lipinski definition) is 0. The van der Waals surface area contributed by atoms with E-state index in [4.69, 9.17) is 11.6 Å². The molecule has 2 rings (SSSR count). The average Bonchev–Trinajstić information content (AvgIpc) is 2.40. The van der Waals surface area contributed by atoms with Crippen LogP contribution in [0.25, 0.3) is 0 Å². The minimum Gasteiger partial charge on any atom is -0.348 e. The van der Waals surface area contributed by atoms with E-state index in [2.05, 4.69) is 9.97 Å². The Morgan fingerprint density at radius 2 is 2.16 bits per heavy atom. The summed E-state index contributed by atoms with van der Waals surface area (Å²) in [4.78, 5) is 20.4. The quantitative estimate of drug-likeness (QED) is 0.482. The van der Waals surface area contributed by atoms with Crippen LogP contribution in [-0.4, -0.2) is 27.5 Å². The number of aromatic nitrogens is 2. The van der Waals surface area contributed by atoms with E-state index in [-0.39, 0.29) is 11.0 Å². The van der Waals surface area contributed by atoms with Crippen LogP contribution in [0.1, 0.15) is 39.0 Å². The maximum absolute atomic E-state index is 11.1. The van der Waals surface area contributed by atoms with Crippen molar-refractivity contribution in [3.63, 3.8) is 0 Å². The van der Waals surface area contributed by atoms with Crippen LogP contribution in [0.2, 0.25) is 5.28 Å². The predicted octanol–water partition coefficient (Wildman–Crippen LogP) is 3.20. The highest BCUT2D eigenvalue weighted by Gasteiger charge is 2.28. The molecule has 0 aliphatic heterocycles. The van der Waals surface area contributed by atoms with Gasteiger partial charge in [-0.25, -0.2) is 4.98 Å². The zero-order chi connectivity index (χ0) is 13.8. The van der Waals surface area contributed by atoms with Crippen LogP contribution in [0.4, 0.5) is 11.5 Å². The second-order valence-electron chi connectivity index (χ2n) is 4.68. The molecule has 1 aromatic heterocycles. The Balaban J connectivity index is 2.35. The summed E-state index contributed by atoms with van der Waals surface area (Å²) in [5.41, 5.74) is -0.0724. The first kappa shape index (κ1) is 14.0. The molecule has 0 radical (unpaired) electrons. The van der Waals surface area contributed by atoms with Gasteiger partial charge in [-0.15, -0.1) is 0 Å². The van der Waals surface area contributed by atoms with E-state index < -0.39 is 4.92 Å². The summed E-state index contributed by atoms with van der Waals surface area (Å²) >= 11 is 5.79. The highest BCUT2D eigenvalue weighted by molar-refractivity contribution is 6.28. The summed E-state index contributed by atoms with van der Waals surface area (Å²) in [6.45, 7) is 2.66. The third-order valence-corrected chi connectivity index (χ3v) is 3.73. The van der Waals surface area contributed by atoms with Gasteiger partial charge < -0.3 is 4.90 Å². The van der Waals surface area contributed by atoms with E-state index in [1.807, 2.05) is 11.8 Å². The van der Waals surface area contributed by atoms with Crippen LogP contribution >= 0.6 is 11.6 Å². The third kappa shape index (κ3) is 3.12. The average molecular weight is 285 g/mol. The van der Waals surface area contributed by atoms with Gasteiger partial charge >= 0.3 is 5.69 Å². The maximum Gasteiger partial charge on any atom is 0.329 e. The van der Waals surface area contributed by atoms with E-state index in [1.165, 1.54) is 12.6 Å². The van der Waals surface area contributed by atoms with Crippen LogP contribution in [0.3, 0.4) is 0 Å². The van der Waals surface area contributed by atoms with Gasteiger partial charge in [-0.2, -0.15) is 4.98 Å². The van der Waals surface area contributed by atoms with Gasteiger partial charge in [0.1, 0.15) is 6.20 Å². The second kappa shape index (κ2) is 6.14. The number of nitrogens with zero attached hydrogens (tertiary/aromatic N) is 4. The molecule has 0 atom stereocenters. The SMILES string of the molecule is CCN(c1nc(Cl)ncc1[N+](=O)[O-])C1CCCCC1. The molecule has 1 aliphatic rings. The number of halogens is 1. The highest BCUT2D eigenvalue weighted by atomic mass is 35.5. The van der Waals surface area contributed by atoms with Crippen LogP contribution < -0.4 is 4.90 Å². The number of nitro groups is 1. The van der Waals surface area contributed by atoms with Gasteiger partial charge in [0, 0.05) is 12.6 Å². The van der Waals surface area contributed by atoms with Gasteiger partial charge in [-0.3, -0.25) is 10.1 Å². The fraction of sp³-hybridized carbons (Fsp3) is 0.667. The van der Waals surface area contributed by atoms with Crippen molar-refractivity contribution < 1.29 is 4.92 Å². The maximum atomic E-state index is 11.1. The molecule has 0 bridgehead atoms. The molecule has 1 saturated carbocycles. The topological polar surface area (TPSA) is 72.2 Å². The first-order chi connectivity index (χ1) is 9.13. The van der Waals surface area contributed by atoms with Crippen molar-refractivity contribution in [1.82, 2.24) is 9.97 Å². The van der Waals surface area contributed by atoms with Crippen molar-refractivity contribution in [2.75, 3.05) is 11.4 Å². The molecule has 7 heteroatoms. The summed E-state index contributed by atoms with van der Waals surface area (Å²) in [6.07, 6.45) is 6.84. The summed E-state index contributed by atoms with van der Waals surface area (Å²) < 4.78 is 0. The lowest BCUT2D eigenvalue weighted by atomic mass is 9.94. The van der Waals surface area contributed by atoms with Gasteiger partial charge in [-0.05, 0) is 31.4 Å². The number of rotatable bonds is 4. The molecule has 1 aliphatic carbocycles. The number of hydrogen-bond acceptors (Lipinski definition) is 5. The molecule has 104 valence electrons. The van der Waals surface area contributed by atoms with Gasteiger partial charge in [0.05, 0.1) is 4.92 Å². The van der Waals surface area contributed by atoms with E-state index in [0.29, 0.717) is 18.4 Å². The molecule has 19 heavy (non-hydrogen) atoms. The Morgan fingerprint density at radius 3 is 2.74 bits per heavy atom. The summed E-state index contributed by atoms with van der Waals surface area (Å²) in [5.74, 6) is 0.347. The second-order valence-corrected chi connectivity index (χ2v) is 5.02. The zero-order valence-electron chi connectivity index (χ0n) is 10.9. The third-order valence-electron chi connectivity index (χ3n) is 3.55. The van der Waals surface area contributed by atoms with Crippen LogP contribution in [0, 0.1) is 10.1 Å². The Hall–Kier alpha value is -1.43. The van der Waals surface area contributed by atoms with E-state index in [1.54, 1.807) is 0 Å². The lowest BCUT2D eigenvalue weighted by Gasteiger charge is -2.33. The largest absolute Gasteiger partial charge is 0.348 e. The molecular formula is C12H17ClN4O2. The van der Waals surface area contributed by atoms with Crippen molar-refractivity contribution in [2.24, 2.45) is 0 Å². The fourth-order valence-corrected chi connectivity index (χ4v) is 2.79. The molecule has 0 spiro atoms. The first-order valence-corrected chi connectivity index (χ1v) is 6.95. The van der Waals surface area contributed by atoms with Crippen LogP contribution in [0.5, 0.6) is 0 Å². The lowest BCUT2D eigenvalue weighted by Crippen LogP contribution is -2.37. The van der Waals surface area contributed by atoms with Crippen molar-refractivity contribution in [3.8, 4) is 0 Å². The Kier molecular flexibility index (Phi) is 4.52. The van der Waals surface area contributed by atoms with Crippen LogP contribution in [0.15, 0.2) is 6.20 Å². The normalized spacial score (nSPS) is 16.3. The van der Waals surface area contributed by atoms with Gasteiger partial charge in [0.25, 0.3) is 0 Å². The summed E-state index contributed by atoms with van der Waals surface area (Å²) in [7, 11) is 0. The van der Waals surface area contributed by atoms with Crippen LogP contribution in [-0.2, 0) is 0 Å². The lowest BCUT2D eigenvalue weighted by molar-refractivity contribution is -0.384. The molecule has 1 aromatic rings. The van der Waals surface area contributed by atoms with E-state index in [9.17, 15) is 10.1 Å². The molecule has 0 saturated heterocycles. The molecule has 0 unspecified atom stereocenters. The van der Waals surface area contributed by atoms with Crippen molar-refractivity contribution in [3.05, 3.63) is 21.6 Å². The Morgan fingerprint density at radius 1 is 1.47 bits per heavy atom. The molecule has 1 heterocycles. The minimum absolute atomic E-state index is 0.0508. The van der Waals surface area contributed by atoms with Crippen molar-refractivity contribution in [1.29, 1.82) is 0 Å². The van der Waals surface area contributed by atoms with Crippen molar-refractivity contribution >= 4 is 23.1 Å². The van der Waals surface area contributed by atoms with E-state index >= 15 is 0 Å². The molecule has 0 amide bonds. The molecule has 0 aromatic carbocycles. The van der Waals surface area contributed by atoms with E-state index in [0.717, 1.165) is 25.7 Å². The standard InChI is InChI=1S/C12H17ClN4O2/c1-2-16(9-6-4-3-5-7-9)11-10(17(18)19)8-14-12(13)15-11/h8-9H,2-7H2,1H3. The fourth-order valence-electron chi connectivity index (χ4n) is 2.66. The molecule has 0 N–H and O–H groups in total. The molecule has 6 nitrogen and oxygen atoms in total. The van der Waals surface area contributed by atoms with Gasteiger partial charge in [-0.1, -0.05) is 19.3 Å². The minimum atomic E-state index is -0.447. The highest BCUT2D eigenvalue weighted by Crippen LogP contribution is 2.32. The zero-order valence-corrected chi connectivity index (χ0v) is 11.6. The Bertz CT molecular complexity index is 463.